The molecule has 0 unspecified atom stereocenters. The van der Waals surface area contributed by atoms with Gasteiger partial charge in [-0.1, -0.05) is 0 Å². The molecule has 1 fully saturated rings. The van der Waals surface area contributed by atoms with Gasteiger partial charge >= 0.3 is 5.97 Å². The molecule has 96 valence electrons. The van der Waals surface area contributed by atoms with Gasteiger partial charge in [-0.15, -0.1) is 0 Å². The predicted molar refractivity (Wildman–Crippen MR) is 65.3 cm³/mol. The van der Waals surface area contributed by atoms with Crippen molar-refractivity contribution in [3.8, 4) is 0 Å². The van der Waals surface area contributed by atoms with E-state index in [1.807, 2.05) is 0 Å². The lowest BCUT2D eigenvalue weighted by Gasteiger charge is -2.09. The Hall–Kier alpha value is -2.31. The largest absolute Gasteiger partial charge is 0.478 e. The number of nitrogens with two attached hydrogens (primary N) is 1. The number of amides is 1. The fraction of sp³-hybridized carbons (Fsp3) is 0.364. The van der Waals surface area contributed by atoms with Crippen LogP contribution in [-0.4, -0.2) is 34.6 Å². The minimum Gasteiger partial charge on any atom is -0.478 e. The lowest BCUT2D eigenvalue weighted by molar-refractivity contribution is -0.119. The highest BCUT2D eigenvalue weighted by Gasteiger charge is 2.23. The first kappa shape index (κ1) is 12.2. The first-order valence-electron chi connectivity index (χ1n) is 5.58. The number of carbonyl (C=O) groups excluding carboxylic acids is 1. The minimum absolute atomic E-state index is 0.00159. The Morgan fingerprint density at radius 3 is 2.83 bits per heavy atom. The number of rotatable bonds is 5. The maximum atomic E-state index is 11.4. The molecule has 1 aromatic rings. The molecule has 0 radical (unpaired) electrons. The van der Waals surface area contributed by atoms with E-state index in [1.165, 1.54) is 12.3 Å². The number of pyridine rings is 1. The molecule has 1 aliphatic rings. The van der Waals surface area contributed by atoms with Gasteiger partial charge in [0.05, 0.1) is 24.0 Å². The van der Waals surface area contributed by atoms with Gasteiger partial charge in [-0.2, -0.15) is 0 Å². The first-order valence-corrected chi connectivity index (χ1v) is 5.58. The van der Waals surface area contributed by atoms with Crippen LogP contribution in [0.25, 0.3) is 0 Å². The maximum Gasteiger partial charge on any atom is 0.337 e. The van der Waals surface area contributed by atoms with E-state index in [0.29, 0.717) is 0 Å². The molecule has 1 amide bonds. The molecule has 1 aliphatic carbocycles. The Labute approximate surface area is 103 Å². The zero-order valence-corrected chi connectivity index (χ0v) is 9.64. The van der Waals surface area contributed by atoms with E-state index in [9.17, 15) is 9.59 Å². The molecule has 0 saturated heterocycles. The monoisotopic (exact) mass is 250 g/mol. The third-order valence-electron chi connectivity index (χ3n) is 2.54. The summed E-state index contributed by atoms with van der Waals surface area (Å²) in [5.41, 5.74) is 5.70. The van der Waals surface area contributed by atoms with Crippen LogP contribution in [0.15, 0.2) is 12.3 Å². The molecular weight excluding hydrogens is 236 g/mol. The van der Waals surface area contributed by atoms with Gasteiger partial charge in [0.1, 0.15) is 5.82 Å². The highest BCUT2D eigenvalue weighted by molar-refractivity contribution is 5.95. The molecule has 18 heavy (non-hydrogen) atoms. The van der Waals surface area contributed by atoms with E-state index in [1.54, 1.807) is 0 Å². The van der Waals surface area contributed by atoms with E-state index in [0.717, 1.165) is 12.8 Å². The molecule has 2 rings (SSSR count). The molecule has 7 nitrogen and oxygen atoms in total. The summed E-state index contributed by atoms with van der Waals surface area (Å²) < 4.78 is 0. The van der Waals surface area contributed by atoms with Crippen molar-refractivity contribution in [1.29, 1.82) is 0 Å². The Bertz CT molecular complexity index is 485. The first-order chi connectivity index (χ1) is 8.56. The third kappa shape index (κ3) is 3.09. The zero-order chi connectivity index (χ0) is 13.1. The van der Waals surface area contributed by atoms with Gasteiger partial charge in [-0.25, -0.2) is 9.78 Å². The summed E-state index contributed by atoms with van der Waals surface area (Å²) in [6.45, 7) is 0.0162. The minimum atomic E-state index is -1.12. The number of carboxylic acids is 1. The highest BCUT2D eigenvalue weighted by atomic mass is 16.4. The van der Waals surface area contributed by atoms with E-state index >= 15 is 0 Å². The quantitative estimate of drug-likeness (QED) is 0.586. The van der Waals surface area contributed by atoms with Crippen molar-refractivity contribution in [3.05, 3.63) is 17.8 Å². The number of anilines is 2. The number of carbonyl (C=O) groups is 2. The molecule has 1 heterocycles. The number of aromatic nitrogens is 1. The van der Waals surface area contributed by atoms with Crippen LogP contribution in [0.5, 0.6) is 0 Å². The van der Waals surface area contributed by atoms with E-state index in [2.05, 4.69) is 15.6 Å². The molecule has 0 aliphatic heterocycles. The topological polar surface area (TPSA) is 117 Å². The number of carboxylic acid groups (broad SMARTS) is 1. The van der Waals surface area contributed by atoms with Crippen molar-refractivity contribution < 1.29 is 14.7 Å². The van der Waals surface area contributed by atoms with Gasteiger partial charge in [0.2, 0.25) is 5.91 Å². The number of aromatic carboxylic acids is 1. The summed E-state index contributed by atoms with van der Waals surface area (Å²) in [5.74, 6) is -1.15. The summed E-state index contributed by atoms with van der Waals surface area (Å²) in [6.07, 6.45) is 3.33. The van der Waals surface area contributed by atoms with Gasteiger partial charge in [0.25, 0.3) is 0 Å². The summed E-state index contributed by atoms with van der Waals surface area (Å²) in [4.78, 5) is 26.2. The number of hydrogen-bond donors (Lipinski definition) is 4. The van der Waals surface area contributed by atoms with Crippen LogP contribution in [0.4, 0.5) is 11.5 Å². The second-order valence-electron chi connectivity index (χ2n) is 4.16. The zero-order valence-electron chi connectivity index (χ0n) is 9.64. The third-order valence-corrected chi connectivity index (χ3v) is 2.54. The fourth-order valence-electron chi connectivity index (χ4n) is 1.47. The van der Waals surface area contributed by atoms with Crippen LogP contribution in [0.3, 0.4) is 0 Å². The summed E-state index contributed by atoms with van der Waals surface area (Å²) in [5, 5.41) is 14.5. The standard InChI is InChI=1S/C11H14N4O3/c12-9-3-7(11(17)18)8(4-14-9)13-5-10(16)15-6-1-2-6/h3-4,6,13H,1-2,5H2,(H2,12,14)(H,15,16)(H,17,18). The molecule has 0 atom stereocenters. The van der Waals surface area contributed by atoms with Gasteiger partial charge in [0, 0.05) is 6.04 Å². The van der Waals surface area contributed by atoms with Crippen molar-refractivity contribution in [1.82, 2.24) is 10.3 Å². The van der Waals surface area contributed by atoms with Crippen molar-refractivity contribution in [2.24, 2.45) is 0 Å². The van der Waals surface area contributed by atoms with Crippen LogP contribution >= 0.6 is 0 Å². The van der Waals surface area contributed by atoms with E-state index in [4.69, 9.17) is 10.8 Å². The van der Waals surface area contributed by atoms with Crippen LogP contribution < -0.4 is 16.4 Å². The maximum absolute atomic E-state index is 11.4. The van der Waals surface area contributed by atoms with Crippen LogP contribution in [0, 0.1) is 0 Å². The number of nitrogen functional groups attached to an aromatic ring is 1. The molecule has 0 aromatic carbocycles. The lowest BCUT2D eigenvalue weighted by atomic mass is 10.2. The summed E-state index contributed by atoms with van der Waals surface area (Å²) in [6, 6.07) is 1.53. The number of nitrogens with one attached hydrogen (secondary N) is 2. The van der Waals surface area contributed by atoms with Crippen LogP contribution in [0.2, 0.25) is 0 Å². The van der Waals surface area contributed by atoms with Crippen molar-refractivity contribution in [2.75, 3.05) is 17.6 Å². The SMILES string of the molecule is Nc1cc(C(=O)O)c(NCC(=O)NC2CC2)cn1. The second kappa shape index (κ2) is 4.91. The average molecular weight is 250 g/mol. The van der Waals surface area contributed by atoms with E-state index in [-0.39, 0.29) is 35.6 Å². The second-order valence-corrected chi connectivity index (χ2v) is 4.16. The Morgan fingerprint density at radius 2 is 2.22 bits per heavy atom. The molecule has 0 bridgehead atoms. The molecular formula is C11H14N4O3. The molecule has 5 N–H and O–H groups in total. The van der Waals surface area contributed by atoms with Crippen LogP contribution in [0.1, 0.15) is 23.2 Å². The predicted octanol–water partition coefficient (Wildman–Crippen LogP) is 0.0525. The van der Waals surface area contributed by atoms with Crippen molar-refractivity contribution in [2.45, 2.75) is 18.9 Å². The van der Waals surface area contributed by atoms with Gasteiger partial charge in [0.15, 0.2) is 0 Å². The van der Waals surface area contributed by atoms with Crippen molar-refractivity contribution in [3.63, 3.8) is 0 Å². The normalized spacial score (nSPS) is 14.0. The lowest BCUT2D eigenvalue weighted by Crippen LogP contribution is -2.31. The Kier molecular flexibility index (Phi) is 3.31. The summed E-state index contributed by atoms with van der Waals surface area (Å²) >= 11 is 0. The number of nitrogens with zero attached hydrogens (tertiary/aromatic N) is 1. The molecule has 1 aromatic heterocycles. The van der Waals surface area contributed by atoms with Gasteiger partial charge in [-0.05, 0) is 18.9 Å². The smallest absolute Gasteiger partial charge is 0.337 e. The Morgan fingerprint density at radius 1 is 1.50 bits per heavy atom. The van der Waals surface area contributed by atoms with Crippen molar-refractivity contribution >= 4 is 23.4 Å². The van der Waals surface area contributed by atoms with Gasteiger partial charge in [-0.3, -0.25) is 4.79 Å². The highest BCUT2D eigenvalue weighted by Crippen LogP contribution is 2.19. The van der Waals surface area contributed by atoms with Crippen LogP contribution in [-0.2, 0) is 4.79 Å². The average Bonchev–Trinajstić information content (AvgIpc) is 3.11. The Balaban J connectivity index is 1.99. The molecule has 0 spiro atoms. The van der Waals surface area contributed by atoms with Gasteiger partial charge < -0.3 is 21.5 Å². The fourth-order valence-corrected chi connectivity index (χ4v) is 1.47. The summed E-state index contributed by atoms with van der Waals surface area (Å²) in [7, 11) is 0. The number of hydrogen-bond acceptors (Lipinski definition) is 5. The molecule has 1 saturated carbocycles. The molecule has 7 heteroatoms. The van der Waals surface area contributed by atoms with E-state index < -0.39 is 5.97 Å².